The molecule has 1 aromatic carbocycles. The van der Waals surface area contributed by atoms with E-state index in [2.05, 4.69) is 5.32 Å². The molecule has 24 heavy (non-hydrogen) atoms. The molecule has 3 rings (SSSR count). The fourth-order valence-electron chi connectivity index (χ4n) is 2.70. The number of amides is 3. The molecule has 0 radical (unpaired) electrons. The van der Waals surface area contributed by atoms with Crippen LogP contribution >= 0.6 is 0 Å². The van der Waals surface area contributed by atoms with Crippen molar-refractivity contribution in [3.05, 3.63) is 64.4 Å². The van der Waals surface area contributed by atoms with Crippen LogP contribution in [-0.4, -0.2) is 21.4 Å². The van der Waals surface area contributed by atoms with E-state index in [-0.39, 0.29) is 12.2 Å². The highest BCUT2D eigenvalue weighted by atomic mass is 19.1. The van der Waals surface area contributed by atoms with E-state index in [1.807, 2.05) is 31.5 Å². The van der Waals surface area contributed by atoms with Crippen molar-refractivity contribution in [1.82, 2.24) is 14.8 Å². The molecule has 0 saturated carbocycles. The number of carbonyl (C=O) groups is 2. The number of urea groups is 1. The molecular weight excluding hydrogens is 309 g/mol. The van der Waals surface area contributed by atoms with E-state index in [1.54, 1.807) is 24.3 Å². The molecule has 1 saturated heterocycles. The quantitative estimate of drug-likeness (QED) is 0.696. The first-order valence-electron chi connectivity index (χ1n) is 7.59. The van der Waals surface area contributed by atoms with Crippen LogP contribution in [0.3, 0.4) is 0 Å². The monoisotopic (exact) mass is 327 g/mol. The van der Waals surface area contributed by atoms with Crippen molar-refractivity contribution >= 4 is 18.0 Å². The van der Waals surface area contributed by atoms with E-state index in [0.717, 1.165) is 21.9 Å². The second-order valence-corrected chi connectivity index (χ2v) is 5.86. The average Bonchev–Trinajstić information content (AvgIpc) is 2.94. The van der Waals surface area contributed by atoms with Gasteiger partial charge < -0.3 is 9.88 Å². The SMILES string of the molecule is Cc1cc(C=C2NC(=O)N(Cc3ccccc3F)C2=O)c(C)n1C. The number of carbonyl (C=O) groups excluding carboxylic acids is 2. The molecule has 0 atom stereocenters. The Kier molecular flexibility index (Phi) is 3.97. The standard InChI is InChI=1S/C18H18FN3O2/c1-11-8-14(12(2)21(11)3)9-16-17(23)22(18(24)20-16)10-13-6-4-5-7-15(13)19/h4-9H,10H2,1-3H3,(H,20,24). The van der Waals surface area contributed by atoms with Gasteiger partial charge in [-0.25, -0.2) is 9.18 Å². The Bertz CT molecular complexity index is 867. The number of hydrogen-bond donors (Lipinski definition) is 1. The van der Waals surface area contributed by atoms with Gasteiger partial charge in [-0.15, -0.1) is 0 Å². The predicted octanol–water partition coefficient (Wildman–Crippen LogP) is 2.87. The summed E-state index contributed by atoms with van der Waals surface area (Å²) in [7, 11) is 1.94. The van der Waals surface area contributed by atoms with Crippen molar-refractivity contribution in [3.8, 4) is 0 Å². The lowest BCUT2D eigenvalue weighted by Gasteiger charge is -2.12. The van der Waals surface area contributed by atoms with Crippen molar-refractivity contribution in [2.45, 2.75) is 20.4 Å². The van der Waals surface area contributed by atoms with Crippen LogP contribution < -0.4 is 5.32 Å². The van der Waals surface area contributed by atoms with Gasteiger partial charge >= 0.3 is 6.03 Å². The van der Waals surface area contributed by atoms with Crippen LogP contribution in [0.1, 0.15) is 22.5 Å². The molecule has 3 amide bonds. The third-order valence-corrected chi connectivity index (χ3v) is 4.36. The highest BCUT2D eigenvalue weighted by molar-refractivity contribution is 6.13. The number of aryl methyl sites for hydroxylation is 1. The topological polar surface area (TPSA) is 54.3 Å². The van der Waals surface area contributed by atoms with Crippen LogP contribution in [0.25, 0.3) is 6.08 Å². The summed E-state index contributed by atoms with van der Waals surface area (Å²) in [5.41, 5.74) is 3.42. The molecule has 1 N–H and O–H groups in total. The number of nitrogens with one attached hydrogen (secondary N) is 1. The van der Waals surface area contributed by atoms with Crippen LogP contribution in [0.4, 0.5) is 9.18 Å². The summed E-state index contributed by atoms with van der Waals surface area (Å²) in [6.07, 6.45) is 1.66. The molecule has 0 unspecified atom stereocenters. The van der Waals surface area contributed by atoms with Gasteiger partial charge in [0.05, 0.1) is 6.54 Å². The van der Waals surface area contributed by atoms with Crippen molar-refractivity contribution in [3.63, 3.8) is 0 Å². The van der Waals surface area contributed by atoms with E-state index in [0.29, 0.717) is 5.56 Å². The number of benzene rings is 1. The number of halogens is 1. The summed E-state index contributed by atoms with van der Waals surface area (Å²) >= 11 is 0. The molecule has 124 valence electrons. The zero-order chi connectivity index (χ0) is 17.4. The Morgan fingerprint density at radius 1 is 1.21 bits per heavy atom. The van der Waals surface area contributed by atoms with E-state index < -0.39 is 17.8 Å². The van der Waals surface area contributed by atoms with Gasteiger partial charge in [0.15, 0.2) is 0 Å². The average molecular weight is 327 g/mol. The minimum atomic E-state index is -0.542. The minimum absolute atomic E-state index is 0.0958. The lowest BCUT2D eigenvalue weighted by molar-refractivity contribution is -0.123. The maximum absolute atomic E-state index is 13.8. The number of rotatable bonds is 3. The lowest BCUT2D eigenvalue weighted by atomic mass is 10.2. The Morgan fingerprint density at radius 2 is 1.92 bits per heavy atom. The van der Waals surface area contributed by atoms with Crippen molar-refractivity contribution in [1.29, 1.82) is 0 Å². The fraction of sp³-hybridized carbons (Fsp3) is 0.222. The van der Waals surface area contributed by atoms with Gasteiger partial charge in [-0.2, -0.15) is 0 Å². The van der Waals surface area contributed by atoms with Gasteiger partial charge in [0.25, 0.3) is 5.91 Å². The first kappa shape index (κ1) is 16.0. The highest BCUT2D eigenvalue weighted by Crippen LogP contribution is 2.21. The first-order chi connectivity index (χ1) is 11.4. The highest BCUT2D eigenvalue weighted by Gasteiger charge is 2.34. The Hall–Kier alpha value is -2.89. The molecule has 2 aromatic rings. The van der Waals surface area contributed by atoms with E-state index in [4.69, 9.17) is 0 Å². The molecule has 2 heterocycles. The van der Waals surface area contributed by atoms with Gasteiger partial charge in [0.1, 0.15) is 11.5 Å². The fourth-order valence-corrected chi connectivity index (χ4v) is 2.70. The van der Waals surface area contributed by atoms with Crippen LogP contribution in [-0.2, 0) is 18.4 Å². The van der Waals surface area contributed by atoms with Crippen LogP contribution in [0.5, 0.6) is 0 Å². The Morgan fingerprint density at radius 3 is 2.54 bits per heavy atom. The molecule has 1 fully saturated rings. The molecule has 0 aliphatic carbocycles. The maximum atomic E-state index is 13.8. The molecule has 0 spiro atoms. The maximum Gasteiger partial charge on any atom is 0.329 e. The Labute approximate surface area is 139 Å². The van der Waals surface area contributed by atoms with E-state index in [9.17, 15) is 14.0 Å². The summed E-state index contributed by atoms with van der Waals surface area (Å²) in [6, 6.07) is 7.50. The third kappa shape index (κ3) is 2.71. The largest absolute Gasteiger partial charge is 0.352 e. The number of nitrogens with zero attached hydrogens (tertiary/aromatic N) is 2. The van der Waals surface area contributed by atoms with Gasteiger partial charge in [0.2, 0.25) is 0 Å². The number of hydrogen-bond acceptors (Lipinski definition) is 2. The van der Waals surface area contributed by atoms with Crippen molar-refractivity contribution in [2.75, 3.05) is 0 Å². The molecule has 1 aliphatic heterocycles. The zero-order valence-electron chi connectivity index (χ0n) is 13.8. The van der Waals surface area contributed by atoms with Crippen LogP contribution in [0.2, 0.25) is 0 Å². The van der Waals surface area contributed by atoms with Crippen molar-refractivity contribution < 1.29 is 14.0 Å². The van der Waals surface area contributed by atoms with E-state index >= 15 is 0 Å². The molecule has 5 nitrogen and oxygen atoms in total. The third-order valence-electron chi connectivity index (χ3n) is 4.36. The van der Waals surface area contributed by atoms with Gasteiger partial charge in [-0.3, -0.25) is 9.69 Å². The summed E-state index contributed by atoms with van der Waals surface area (Å²) in [6.45, 7) is 3.81. The predicted molar refractivity (Wildman–Crippen MR) is 88.3 cm³/mol. The van der Waals surface area contributed by atoms with Crippen molar-refractivity contribution in [2.24, 2.45) is 7.05 Å². The van der Waals surface area contributed by atoms with Gasteiger partial charge in [0, 0.05) is 24.0 Å². The number of aromatic nitrogens is 1. The second kappa shape index (κ2) is 5.96. The van der Waals surface area contributed by atoms with E-state index in [1.165, 1.54) is 6.07 Å². The first-order valence-corrected chi connectivity index (χ1v) is 7.59. The van der Waals surface area contributed by atoms with Gasteiger partial charge in [-0.1, -0.05) is 18.2 Å². The Balaban J connectivity index is 1.87. The molecule has 6 heteroatoms. The molecule has 1 aliphatic rings. The summed E-state index contributed by atoms with van der Waals surface area (Å²) in [5, 5.41) is 2.56. The normalized spacial score (nSPS) is 16.2. The van der Waals surface area contributed by atoms with Crippen LogP contribution in [0.15, 0.2) is 36.0 Å². The lowest BCUT2D eigenvalue weighted by Crippen LogP contribution is -2.30. The summed E-state index contributed by atoms with van der Waals surface area (Å²) in [5.74, 6) is -0.894. The molecule has 1 aromatic heterocycles. The summed E-state index contributed by atoms with van der Waals surface area (Å²) < 4.78 is 15.8. The minimum Gasteiger partial charge on any atom is -0.352 e. The molecular formula is C18H18FN3O2. The van der Waals surface area contributed by atoms with Crippen LogP contribution in [0, 0.1) is 19.7 Å². The molecule has 0 bridgehead atoms. The smallest absolute Gasteiger partial charge is 0.329 e. The zero-order valence-corrected chi connectivity index (χ0v) is 13.8. The summed E-state index contributed by atoms with van der Waals surface area (Å²) in [4.78, 5) is 25.6. The van der Waals surface area contributed by atoms with Gasteiger partial charge in [-0.05, 0) is 37.6 Å². The second-order valence-electron chi connectivity index (χ2n) is 5.86. The number of imide groups is 1.